The number of fused-ring (bicyclic) bond motifs is 1. The molecule has 1 unspecified atom stereocenters. The number of thioether (sulfide) groups is 1. The third-order valence-electron chi connectivity index (χ3n) is 2.63. The Morgan fingerprint density at radius 2 is 2.31 bits per heavy atom. The second-order valence-corrected chi connectivity index (χ2v) is 5.42. The zero-order valence-corrected chi connectivity index (χ0v) is 10.5. The summed E-state index contributed by atoms with van der Waals surface area (Å²) < 4.78 is 0. The molecule has 0 amide bonds. The third-order valence-corrected chi connectivity index (χ3v) is 3.98. The van der Waals surface area contributed by atoms with Gasteiger partial charge in [-0.05, 0) is 24.6 Å². The summed E-state index contributed by atoms with van der Waals surface area (Å²) in [4.78, 5) is 7.83. The number of hydrogen-bond donors (Lipinski definition) is 2. The Hall–Kier alpha value is -1.16. The molecule has 16 heavy (non-hydrogen) atoms. The summed E-state index contributed by atoms with van der Waals surface area (Å²) in [7, 11) is 0. The van der Waals surface area contributed by atoms with E-state index in [0.717, 1.165) is 28.3 Å². The molecule has 1 atom stereocenters. The van der Waals surface area contributed by atoms with E-state index in [2.05, 4.69) is 23.8 Å². The first-order valence-electron chi connectivity index (χ1n) is 5.54. The predicted octanol–water partition coefficient (Wildman–Crippen LogP) is 3.18. The van der Waals surface area contributed by atoms with Crippen LogP contribution in [-0.2, 0) is 5.75 Å². The minimum Gasteiger partial charge on any atom is -0.399 e. The SMILES string of the molecule is CCC(C)SCc1nc2ccc(N)cc2[nH]1. The van der Waals surface area contributed by atoms with Crippen LogP contribution in [0, 0.1) is 0 Å². The van der Waals surface area contributed by atoms with Crippen molar-refractivity contribution in [2.75, 3.05) is 5.73 Å². The topological polar surface area (TPSA) is 54.7 Å². The Morgan fingerprint density at radius 1 is 1.50 bits per heavy atom. The highest BCUT2D eigenvalue weighted by Crippen LogP contribution is 2.21. The van der Waals surface area contributed by atoms with Crippen LogP contribution in [0.1, 0.15) is 26.1 Å². The van der Waals surface area contributed by atoms with Crippen molar-refractivity contribution in [2.45, 2.75) is 31.3 Å². The maximum Gasteiger partial charge on any atom is 0.117 e. The number of H-pyrrole nitrogens is 1. The first-order chi connectivity index (χ1) is 7.69. The van der Waals surface area contributed by atoms with Crippen molar-refractivity contribution >= 4 is 28.5 Å². The fourth-order valence-corrected chi connectivity index (χ4v) is 2.30. The zero-order chi connectivity index (χ0) is 11.5. The van der Waals surface area contributed by atoms with Crippen LogP contribution in [0.25, 0.3) is 11.0 Å². The molecular formula is C12H17N3S. The number of nitrogens with zero attached hydrogens (tertiary/aromatic N) is 1. The van der Waals surface area contributed by atoms with Gasteiger partial charge in [0.15, 0.2) is 0 Å². The lowest BCUT2D eigenvalue weighted by molar-refractivity contribution is 0.903. The summed E-state index contributed by atoms with van der Waals surface area (Å²) in [6, 6.07) is 5.77. The standard InChI is InChI=1S/C12H17N3S/c1-3-8(2)16-7-12-14-10-5-4-9(13)6-11(10)15-12/h4-6,8H,3,7,13H2,1-2H3,(H,14,15). The second-order valence-electron chi connectivity index (χ2n) is 3.99. The van der Waals surface area contributed by atoms with Crippen molar-refractivity contribution < 1.29 is 0 Å². The number of aromatic nitrogens is 2. The number of nitrogens with two attached hydrogens (primary N) is 1. The molecule has 0 saturated heterocycles. The highest BCUT2D eigenvalue weighted by Gasteiger charge is 2.05. The van der Waals surface area contributed by atoms with Crippen LogP contribution in [0.5, 0.6) is 0 Å². The Labute approximate surface area is 99.8 Å². The van der Waals surface area contributed by atoms with E-state index >= 15 is 0 Å². The lowest BCUT2D eigenvalue weighted by Crippen LogP contribution is -1.94. The number of rotatable bonds is 4. The van der Waals surface area contributed by atoms with Gasteiger partial charge < -0.3 is 10.7 Å². The zero-order valence-electron chi connectivity index (χ0n) is 9.66. The second kappa shape index (κ2) is 4.78. The van der Waals surface area contributed by atoms with E-state index in [1.54, 1.807) is 0 Å². The van der Waals surface area contributed by atoms with Gasteiger partial charge in [-0.25, -0.2) is 4.98 Å². The van der Waals surface area contributed by atoms with Gasteiger partial charge in [-0.1, -0.05) is 13.8 Å². The van der Waals surface area contributed by atoms with Crippen molar-refractivity contribution in [3.8, 4) is 0 Å². The highest BCUT2D eigenvalue weighted by atomic mass is 32.2. The molecule has 0 saturated carbocycles. The number of nitrogen functional groups attached to an aromatic ring is 1. The molecule has 2 aromatic rings. The first kappa shape index (κ1) is 11.3. The number of nitrogens with one attached hydrogen (secondary N) is 1. The highest BCUT2D eigenvalue weighted by molar-refractivity contribution is 7.99. The van der Waals surface area contributed by atoms with E-state index < -0.39 is 0 Å². The van der Waals surface area contributed by atoms with Crippen molar-refractivity contribution in [1.82, 2.24) is 9.97 Å². The van der Waals surface area contributed by atoms with Gasteiger partial charge in [0.05, 0.1) is 16.8 Å². The van der Waals surface area contributed by atoms with Gasteiger partial charge in [0.1, 0.15) is 5.82 Å². The quantitative estimate of drug-likeness (QED) is 0.800. The largest absolute Gasteiger partial charge is 0.399 e. The lowest BCUT2D eigenvalue weighted by Gasteiger charge is -2.05. The van der Waals surface area contributed by atoms with Gasteiger partial charge in [0, 0.05) is 10.9 Å². The maximum atomic E-state index is 5.72. The molecule has 1 aromatic carbocycles. The Bertz CT molecular complexity index is 478. The van der Waals surface area contributed by atoms with E-state index in [0.29, 0.717) is 5.25 Å². The van der Waals surface area contributed by atoms with E-state index in [9.17, 15) is 0 Å². The average molecular weight is 235 g/mol. The lowest BCUT2D eigenvalue weighted by atomic mass is 10.3. The van der Waals surface area contributed by atoms with Crippen LogP contribution < -0.4 is 5.73 Å². The molecule has 0 fully saturated rings. The molecule has 1 aromatic heterocycles. The molecule has 1 heterocycles. The number of imidazole rings is 1. The molecule has 0 aliphatic carbocycles. The molecule has 3 nitrogen and oxygen atoms in total. The van der Waals surface area contributed by atoms with Crippen LogP contribution in [0.15, 0.2) is 18.2 Å². The van der Waals surface area contributed by atoms with E-state index in [1.165, 1.54) is 6.42 Å². The van der Waals surface area contributed by atoms with Crippen molar-refractivity contribution in [2.24, 2.45) is 0 Å². The molecule has 0 bridgehead atoms. The minimum absolute atomic E-state index is 0.679. The molecular weight excluding hydrogens is 218 g/mol. The first-order valence-corrected chi connectivity index (χ1v) is 6.59. The fourth-order valence-electron chi connectivity index (χ4n) is 1.49. The van der Waals surface area contributed by atoms with Gasteiger partial charge >= 0.3 is 0 Å². The molecule has 0 aliphatic rings. The van der Waals surface area contributed by atoms with Crippen LogP contribution in [0.2, 0.25) is 0 Å². The van der Waals surface area contributed by atoms with E-state index in [-0.39, 0.29) is 0 Å². The van der Waals surface area contributed by atoms with Gasteiger partial charge in [-0.3, -0.25) is 0 Å². The smallest absolute Gasteiger partial charge is 0.117 e. The Kier molecular flexibility index (Phi) is 3.39. The summed E-state index contributed by atoms with van der Waals surface area (Å²) in [6.07, 6.45) is 1.19. The predicted molar refractivity (Wildman–Crippen MR) is 71.6 cm³/mol. The van der Waals surface area contributed by atoms with Crippen LogP contribution >= 0.6 is 11.8 Å². The monoisotopic (exact) mass is 235 g/mol. The summed E-state index contributed by atoms with van der Waals surface area (Å²) in [6.45, 7) is 4.45. The summed E-state index contributed by atoms with van der Waals surface area (Å²) in [5, 5.41) is 0.679. The summed E-state index contributed by atoms with van der Waals surface area (Å²) in [5.41, 5.74) is 8.52. The number of aromatic amines is 1. The molecule has 2 rings (SSSR count). The average Bonchev–Trinajstić information content (AvgIpc) is 2.67. The molecule has 0 radical (unpaired) electrons. The Balaban J connectivity index is 2.13. The van der Waals surface area contributed by atoms with Gasteiger partial charge in [0.25, 0.3) is 0 Å². The van der Waals surface area contributed by atoms with Crippen LogP contribution in [-0.4, -0.2) is 15.2 Å². The molecule has 0 aliphatic heterocycles. The number of hydrogen-bond acceptors (Lipinski definition) is 3. The minimum atomic E-state index is 0.679. The summed E-state index contributed by atoms with van der Waals surface area (Å²) >= 11 is 1.92. The molecule has 4 heteroatoms. The maximum absolute atomic E-state index is 5.72. The number of anilines is 1. The summed E-state index contributed by atoms with van der Waals surface area (Å²) in [5.74, 6) is 1.97. The molecule has 3 N–H and O–H groups in total. The van der Waals surface area contributed by atoms with Gasteiger partial charge in [-0.2, -0.15) is 11.8 Å². The van der Waals surface area contributed by atoms with Crippen molar-refractivity contribution in [3.63, 3.8) is 0 Å². The third kappa shape index (κ3) is 2.50. The van der Waals surface area contributed by atoms with Crippen LogP contribution in [0.3, 0.4) is 0 Å². The van der Waals surface area contributed by atoms with E-state index in [4.69, 9.17) is 5.73 Å². The van der Waals surface area contributed by atoms with E-state index in [1.807, 2.05) is 30.0 Å². The fraction of sp³-hybridized carbons (Fsp3) is 0.417. The van der Waals surface area contributed by atoms with Gasteiger partial charge in [0.2, 0.25) is 0 Å². The van der Waals surface area contributed by atoms with Crippen LogP contribution in [0.4, 0.5) is 5.69 Å². The molecule has 0 spiro atoms. The normalized spacial score (nSPS) is 13.1. The van der Waals surface area contributed by atoms with Gasteiger partial charge in [-0.15, -0.1) is 0 Å². The van der Waals surface area contributed by atoms with Crippen molar-refractivity contribution in [1.29, 1.82) is 0 Å². The van der Waals surface area contributed by atoms with Crippen molar-refractivity contribution in [3.05, 3.63) is 24.0 Å². The Morgan fingerprint density at radius 3 is 3.06 bits per heavy atom. The number of benzene rings is 1. The molecule has 86 valence electrons.